The second kappa shape index (κ2) is 10.2. The molecule has 1 N–H and O–H groups in total. The minimum Gasteiger partial charge on any atom is -0.466 e. The summed E-state index contributed by atoms with van der Waals surface area (Å²) in [4.78, 5) is 20.1. The number of nitrogens with one attached hydrogen (secondary N) is 1. The van der Waals surface area contributed by atoms with Gasteiger partial charge in [0.2, 0.25) is 5.28 Å². The van der Waals surface area contributed by atoms with Crippen LogP contribution in [0.5, 0.6) is 0 Å². The van der Waals surface area contributed by atoms with Crippen molar-refractivity contribution in [2.45, 2.75) is 76.7 Å². The molecule has 27 heavy (non-hydrogen) atoms. The van der Waals surface area contributed by atoms with E-state index >= 15 is 0 Å². The van der Waals surface area contributed by atoms with Gasteiger partial charge >= 0.3 is 5.97 Å². The molecule has 1 aromatic heterocycles. The molecule has 2 aliphatic rings. The van der Waals surface area contributed by atoms with Crippen molar-refractivity contribution in [1.82, 2.24) is 9.97 Å². The zero-order valence-electron chi connectivity index (χ0n) is 15.8. The lowest BCUT2D eigenvalue weighted by Crippen LogP contribution is -2.36. The standard InChI is InChI=1S/C19H28ClN3O4/c1-2-25-16(24)10-13-12-21-19(20)23-18(13)22-14-6-5-7-15(11-14)27-17-8-3-4-9-26-17/h12,14-15,17H,2-11H2,1H3,(H,21,22,23)/t14-,15-,17?/m1/s1. The number of nitrogens with zero attached hydrogens (tertiary/aromatic N) is 2. The number of hydrogen-bond donors (Lipinski definition) is 1. The highest BCUT2D eigenvalue weighted by atomic mass is 35.5. The maximum Gasteiger partial charge on any atom is 0.310 e. The number of carbonyl (C=O) groups is 1. The van der Waals surface area contributed by atoms with Gasteiger partial charge in [-0.05, 0) is 63.5 Å². The minimum absolute atomic E-state index is 0.0737. The van der Waals surface area contributed by atoms with Gasteiger partial charge in [0.15, 0.2) is 6.29 Å². The molecule has 150 valence electrons. The van der Waals surface area contributed by atoms with Crippen LogP contribution in [0.3, 0.4) is 0 Å². The van der Waals surface area contributed by atoms with E-state index in [9.17, 15) is 4.79 Å². The average molecular weight is 398 g/mol. The highest BCUT2D eigenvalue weighted by Crippen LogP contribution is 2.28. The van der Waals surface area contributed by atoms with Crippen molar-refractivity contribution in [3.05, 3.63) is 17.0 Å². The fourth-order valence-electron chi connectivity index (χ4n) is 3.63. The smallest absolute Gasteiger partial charge is 0.310 e. The number of carbonyl (C=O) groups excluding carboxylic acids is 1. The molecule has 3 atom stereocenters. The molecule has 0 amide bonds. The Balaban J connectivity index is 1.59. The zero-order chi connectivity index (χ0) is 19.1. The molecule has 0 aromatic carbocycles. The normalized spacial score (nSPS) is 25.8. The Kier molecular flexibility index (Phi) is 7.67. The van der Waals surface area contributed by atoms with E-state index in [1.165, 1.54) is 0 Å². The van der Waals surface area contributed by atoms with Crippen LogP contribution < -0.4 is 5.32 Å². The fourth-order valence-corrected chi connectivity index (χ4v) is 3.77. The molecule has 1 unspecified atom stereocenters. The van der Waals surface area contributed by atoms with Gasteiger partial charge < -0.3 is 19.5 Å². The molecular weight excluding hydrogens is 370 g/mol. The van der Waals surface area contributed by atoms with Gasteiger partial charge in [-0.25, -0.2) is 9.97 Å². The molecule has 1 aromatic rings. The number of ether oxygens (including phenoxy) is 3. The first-order valence-corrected chi connectivity index (χ1v) is 10.2. The summed E-state index contributed by atoms with van der Waals surface area (Å²) in [6, 6.07) is 0.208. The molecule has 2 fully saturated rings. The SMILES string of the molecule is CCOC(=O)Cc1cnc(Cl)nc1N[C@@H]1CCC[C@@H](OC2CCCCO2)C1. The van der Waals surface area contributed by atoms with E-state index in [1.807, 2.05) is 0 Å². The highest BCUT2D eigenvalue weighted by Gasteiger charge is 2.27. The molecule has 1 aliphatic heterocycles. The van der Waals surface area contributed by atoms with Gasteiger partial charge in [0.05, 0.1) is 19.1 Å². The average Bonchev–Trinajstić information content (AvgIpc) is 2.65. The van der Waals surface area contributed by atoms with Crippen molar-refractivity contribution in [3.8, 4) is 0 Å². The molecule has 0 spiro atoms. The van der Waals surface area contributed by atoms with E-state index in [0.29, 0.717) is 18.0 Å². The van der Waals surface area contributed by atoms with E-state index in [2.05, 4.69) is 15.3 Å². The first kappa shape index (κ1) is 20.3. The molecule has 3 rings (SSSR count). The summed E-state index contributed by atoms with van der Waals surface area (Å²) >= 11 is 5.97. The van der Waals surface area contributed by atoms with E-state index in [4.69, 9.17) is 25.8 Å². The summed E-state index contributed by atoms with van der Waals surface area (Å²) < 4.78 is 16.9. The Bertz CT molecular complexity index is 625. The monoisotopic (exact) mass is 397 g/mol. The van der Waals surface area contributed by atoms with Gasteiger partial charge in [0.25, 0.3) is 0 Å². The maximum atomic E-state index is 11.8. The molecular formula is C19H28ClN3O4. The minimum atomic E-state index is -0.300. The van der Waals surface area contributed by atoms with Crippen molar-refractivity contribution >= 4 is 23.4 Å². The Hall–Kier alpha value is -1.44. The summed E-state index contributed by atoms with van der Waals surface area (Å²) in [5.74, 6) is 0.299. The molecule has 0 bridgehead atoms. The van der Waals surface area contributed by atoms with E-state index in [0.717, 1.165) is 51.6 Å². The van der Waals surface area contributed by atoms with Gasteiger partial charge in [0, 0.05) is 24.4 Å². The molecule has 8 heteroatoms. The zero-order valence-corrected chi connectivity index (χ0v) is 16.5. The number of halogens is 1. The van der Waals surface area contributed by atoms with Crippen LogP contribution in [0, 0.1) is 0 Å². The predicted octanol–water partition coefficient (Wildman–Crippen LogP) is 3.50. The quantitative estimate of drug-likeness (QED) is 0.556. The maximum absolute atomic E-state index is 11.8. The largest absolute Gasteiger partial charge is 0.466 e. The van der Waals surface area contributed by atoms with Crippen LogP contribution in [-0.4, -0.2) is 47.6 Å². The summed E-state index contributed by atoms with van der Waals surface area (Å²) in [5, 5.41) is 3.60. The first-order valence-electron chi connectivity index (χ1n) is 9.84. The van der Waals surface area contributed by atoms with E-state index < -0.39 is 0 Å². The molecule has 1 saturated carbocycles. The summed E-state index contributed by atoms with van der Waals surface area (Å²) in [7, 11) is 0. The van der Waals surface area contributed by atoms with Gasteiger partial charge in [-0.3, -0.25) is 4.79 Å². The van der Waals surface area contributed by atoms with Crippen LogP contribution in [0.4, 0.5) is 5.82 Å². The summed E-state index contributed by atoms with van der Waals surface area (Å²) in [6.07, 6.45) is 9.06. The van der Waals surface area contributed by atoms with Crippen molar-refractivity contribution in [1.29, 1.82) is 0 Å². The van der Waals surface area contributed by atoms with Crippen LogP contribution in [0.25, 0.3) is 0 Å². The van der Waals surface area contributed by atoms with Crippen LogP contribution >= 0.6 is 11.6 Å². The van der Waals surface area contributed by atoms with Gasteiger partial charge in [0.1, 0.15) is 5.82 Å². The Morgan fingerprint density at radius 3 is 3.00 bits per heavy atom. The van der Waals surface area contributed by atoms with Gasteiger partial charge in [-0.15, -0.1) is 0 Å². The topological polar surface area (TPSA) is 82.6 Å². The third-order valence-electron chi connectivity index (χ3n) is 4.92. The number of anilines is 1. The van der Waals surface area contributed by atoms with E-state index in [-0.39, 0.29) is 36.1 Å². The third kappa shape index (κ3) is 6.30. The lowest BCUT2D eigenvalue weighted by Gasteiger charge is -2.34. The first-order chi connectivity index (χ1) is 13.1. The van der Waals surface area contributed by atoms with Crippen molar-refractivity contribution < 1.29 is 19.0 Å². The number of hydrogen-bond acceptors (Lipinski definition) is 7. The molecule has 0 radical (unpaired) electrons. The van der Waals surface area contributed by atoms with Gasteiger partial charge in [-0.2, -0.15) is 0 Å². The highest BCUT2D eigenvalue weighted by molar-refractivity contribution is 6.28. The second-order valence-electron chi connectivity index (χ2n) is 7.06. The number of aromatic nitrogens is 2. The summed E-state index contributed by atoms with van der Waals surface area (Å²) in [6.45, 7) is 2.92. The Morgan fingerprint density at radius 2 is 2.22 bits per heavy atom. The van der Waals surface area contributed by atoms with Crippen LogP contribution in [-0.2, 0) is 25.4 Å². The van der Waals surface area contributed by atoms with Gasteiger partial charge in [-0.1, -0.05) is 0 Å². The Labute approximate surface area is 165 Å². The van der Waals surface area contributed by atoms with Crippen LogP contribution in [0.15, 0.2) is 6.20 Å². The third-order valence-corrected chi connectivity index (χ3v) is 5.11. The molecule has 7 nitrogen and oxygen atoms in total. The molecule has 1 saturated heterocycles. The predicted molar refractivity (Wildman–Crippen MR) is 102 cm³/mol. The fraction of sp³-hybridized carbons (Fsp3) is 0.737. The number of esters is 1. The second-order valence-corrected chi connectivity index (χ2v) is 7.39. The van der Waals surface area contributed by atoms with Crippen molar-refractivity contribution in [2.75, 3.05) is 18.5 Å². The lowest BCUT2D eigenvalue weighted by molar-refractivity contribution is -0.193. The molecule has 1 aliphatic carbocycles. The Morgan fingerprint density at radius 1 is 1.33 bits per heavy atom. The van der Waals surface area contributed by atoms with Crippen molar-refractivity contribution in [2.24, 2.45) is 0 Å². The number of rotatable bonds is 7. The lowest BCUT2D eigenvalue weighted by atomic mass is 9.92. The van der Waals surface area contributed by atoms with Crippen LogP contribution in [0.2, 0.25) is 5.28 Å². The van der Waals surface area contributed by atoms with E-state index in [1.54, 1.807) is 13.1 Å². The summed E-state index contributed by atoms with van der Waals surface area (Å²) in [5.41, 5.74) is 0.691. The van der Waals surface area contributed by atoms with Crippen molar-refractivity contribution in [3.63, 3.8) is 0 Å². The van der Waals surface area contributed by atoms with Crippen LogP contribution in [0.1, 0.15) is 57.4 Å². The molecule has 2 heterocycles.